The number of nitro groups is 1. The molecule has 0 heterocycles. The minimum absolute atomic E-state index is 0.0212. The Morgan fingerprint density at radius 1 is 1.27 bits per heavy atom. The zero-order valence-corrected chi connectivity index (χ0v) is 15.6. The summed E-state index contributed by atoms with van der Waals surface area (Å²) >= 11 is 11.1. The molecule has 2 N–H and O–H groups in total. The number of carbonyl (C=O) groups is 1. The molecule has 0 saturated carbocycles. The molecule has 0 aliphatic carbocycles. The fourth-order valence-electron chi connectivity index (χ4n) is 2.03. The number of nitro benzene ring substituents is 1. The topological polar surface area (TPSA) is 93.5 Å². The van der Waals surface area contributed by atoms with E-state index in [0.717, 1.165) is 0 Å². The molecule has 9 heteroatoms. The van der Waals surface area contributed by atoms with Crippen LogP contribution in [0, 0.1) is 10.1 Å². The lowest BCUT2D eigenvalue weighted by atomic mass is 10.2. The van der Waals surface area contributed by atoms with Crippen LogP contribution in [0.5, 0.6) is 5.75 Å². The first-order valence-electron chi connectivity index (χ1n) is 7.59. The second kappa shape index (κ2) is 8.59. The van der Waals surface area contributed by atoms with Crippen LogP contribution in [0.2, 0.25) is 5.02 Å². The molecule has 7 nitrogen and oxygen atoms in total. The number of carbonyl (C=O) groups excluding carboxylic acids is 1. The second-order valence-electron chi connectivity index (χ2n) is 5.52. The first-order valence-corrected chi connectivity index (χ1v) is 8.38. The first kappa shape index (κ1) is 19.6. The average Bonchev–Trinajstić information content (AvgIpc) is 2.56. The Morgan fingerprint density at radius 3 is 2.65 bits per heavy atom. The van der Waals surface area contributed by atoms with Crippen molar-refractivity contribution in [3.05, 3.63) is 63.2 Å². The Morgan fingerprint density at radius 2 is 2.00 bits per heavy atom. The van der Waals surface area contributed by atoms with Gasteiger partial charge in [-0.3, -0.25) is 20.2 Å². The van der Waals surface area contributed by atoms with E-state index in [0.29, 0.717) is 11.3 Å². The van der Waals surface area contributed by atoms with Crippen molar-refractivity contribution in [1.82, 2.24) is 5.32 Å². The smallest absolute Gasteiger partial charge is 0.271 e. The molecule has 2 aromatic carbocycles. The zero-order chi connectivity index (χ0) is 19.3. The van der Waals surface area contributed by atoms with Gasteiger partial charge in [-0.25, -0.2) is 0 Å². The number of benzene rings is 2. The van der Waals surface area contributed by atoms with Gasteiger partial charge in [-0.15, -0.1) is 0 Å². The van der Waals surface area contributed by atoms with E-state index < -0.39 is 10.8 Å². The third kappa shape index (κ3) is 5.40. The van der Waals surface area contributed by atoms with Crippen molar-refractivity contribution >= 4 is 46.2 Å². The maximum atomic E-state index is 12.3. The standard InChI is InChI=1S/C17H16ClN3O4S/c1-10(2)25-13-5-3-4-11(8-13)16(22)20-17(26)19-15-9-12(21(23)24)6-7-14(15)18/h3-10H,1-2H3,(H2,19,20,22,26). The van der Waals surface area contributed by atoms with E-state index in [9.17, 15) is 14.9 Å². The summed E-state index contributed by atoms with van der Waals surface area (Å²) in [7, 11) is 0. The van der Waals surface area contributed by atoms with Crippen LogP contribution >= 0.6 is 23.8 Å². The normalized spacial score (nSPS) is 10.3. The Bertz CT molecular complexity index is 858. The number of thiocarbonyl (C=S) groups is 1. The van der Waals surface area contributed by atoms with Crippen molar-refractivity contribution in [1.29, 1.82) is 0 Å². The summed E-state index contributed by atoms with van der Waals surface area (Å²) in [6.07, 6.45) is -0.0212. The van der Waals surface area contributed by atoms with Crippen molar-refractivity contribution in [2.45, 2.75) is 20.0 Å². The maximum absolute atomic E-state index is 12.3. The van der Waals surface area contributed by atoms with Crippen molar-refractivity contribution in [3.8, 4) is 5.75 Å². The quantitative estimate of drug-likeness (QED) is 0.450. The van der Waals surface area contributed by atoms with Gasteiger partial charge in [0.05, 0.1) is 21.7 Å². The van der Waals surface area contributed by atoms with E-state index in [4.69, 9.17) is 28.6 Å². The highest BCUT2D eigenvalue weighted by molar-refractivity contribution is 7.80. The number of rotatable bonds is 5. The third-order valence-corrected chi connectivity index (χ3v) is 3.64. The van der Waals surface area contributed by atoms with Gasteiger partial charge in [-0.1, -0.05) is 17.7 Å². The average molecular weight is 394 g/mol. The van der Waals surface area contributed by atoms with Crippen LogP contribution in [0.1, 0.15) is 24.2 Å². The molecule has 2 rings (SSSR count). The van der Waals surface area contributed by atoms with Crippen LogP contribution in [-0.4, -0.2) is 22.0 Å². The van der Waals surface area contributed by atoms with Gasteiger partial charge < -0.3 is 10.1 Å². The molecule has 0 spiro atoms. The maximum Gasteiger partial charge on any atom is 0.271 e. The van der Waals surface area contributed by atoms with Gasteiger partial charge in [0.1, 0.15) is 5.75 Å². The molecule has 0 aliphatic rings. The molecule has 2 aromatic rings. The van der Waals surface area contributed by atoms with Gasteiger partial charge in [0, 0.05) is 17.7 Å². The summed E-state index contributed by atoms with van der Waals surface area (Å²) in [6, 6.07) is 10.5. The minimum atomic E-state index is -0.552. The van der Waals surface area contributed by atoms with Gasteiger partial charge in [0.2, 0.25) is 0 Å². The molecule has 0 aliphatic heterocycles. The summed E-state index contributed by atoms with van der Waals surface area (Å²) in [5.74, 6) is 0.117. The van der Waals surface area contributed by atoms with Crippen LogP contribution < -0.4 is 15.4 Å². The van der Waals surface area contributed by atoms with Gasteiger partial charge in [-0.05, 0) is 50.3 Å². The Hall–Kier alpha value is -2.71. The summed E-state index contributed by atoms with van der Waals surface area (Å²) in [5.41, 5.74) is 0.435. The third-order valence-electron chi connectivity index (χ3n) is 3.10. The van der Waals surface area contributed by atoms with Gasteiger partial charge >= 0.3 is 0 Å². The number of amides is 1. The SMILES string of the molecule is CC(C)Oc1cccc(C(=O)NC(=S)Nc2cc([N+](=O)[O-])ccc2Cl)c1. The lowest BCUT2D eigenvalue weighted by Crippen LogP contribution is -2.34. The van der Waals surface area contributed by atoms with E-state index in [1.807, 2.05) is 13.8 Å². The number of nitrogens with one attached hydrogen (secondary N) is 2. The van der Waals surface area contributed by atoms with Crippen LogP contribution in [0.25, 0.3) is 0 Å². The van der Waals surface area contributed by atoms with Gasteiger partial charge in [0.15, 0.2) is 5.11 Å². The van der Waals surface area contributed by atoms with Crippen LogP contribution in [0.3, 0.4) is 0 Å². The number of nitrogens with zero attached hydrogens (tertiary/aromatic N) is 1. The number of halogens is 1. The largest absolute Gasteiger partial charge is 0.491 e. The number of non-ortho nitro benzene ring substituents is 1. The predicted molar refractivity (Wildman–Crippen MR) is 104 cm³/mol. The summed E-state index contributed by atoms with van der Waals surface area (Å²) in [6.45, 7) is 3.77. The van der Waals surface area contributed by atoms with E-state index in [-0.39, 0.29) is 27.6 Å². The van der Waals surface area contributed by atoms with E-state index in [2.05, 4.69) is 10.6 Å². The molecule has 26 heavy (non-hydrogen) atoms. The predicted octanol–water partition coefficient (Wildman–Crippen LogP) is 4.16. The number of hydrogen-bond donors (Lipinski definition) is 2. The highest BCUT2D eigenvalue weighted by Crippen LogP contribution is 2.26. The number of hydrogen-bond acceptors (Lipinski definition) is 5. The molecule has 0 atom stereocenters. The van der Waals surface area contributed by atoms with E-state index in [1.54, 1.807) is 24.3 Å². The van der Waals surface area contributed by atoms with Crippen molar-refractivity contribution < 1.29 is 14.5 Å². The molecule has 0 aromatic heterocycles. The Labute approximate surface area is 160 Å². The van der Waals surface area contributed by atoms with E-state index in [1.165, 1.54) is 18.2 Å². The minimum Gasteiger partial charge on any atom is -0.491 e. The summed E-state index contributed by atoms with van der Waals surface area (Å²) in [4.78, 5) is 22.6. The van der Waals surface area contributed by atoms with Crippen molar-refractivity contribution in [2.24, 2.45) is 0 Å². The lowest BCUT2D eigenvalue weighted by Gasteiger charge is -2.12. The van der Waals surface area contributed by atoms with Crippen LogP contribution in [0.4, 0.5) is 11.4 Å². The summed E-state index contributed by atoms with van der Waals surface area (Å²) in [5, 5.41) is 16.2. The molecule has 0 radical (unpaired) electrons. The highest BCUT2D eigenvalue weighted by Gasteiger charge is 2.13. The second-order valence-corrected chi connectivity index (χ2v) is 6.34. The van der Waals surface area contributed by atoms with Crippen LogP contribution in [-0.2, 0) is 0 Å². The lowest BCUT2D eigenvalue weighted by molar-refractivity contribution is -0.384. The van der Waals surface area contributed by atoms with E-state index >= 15 is 0 Å². The van der Waals surface area contributed by atoms with Gasteiger partial charge in [0.25, 0.3) is 11.6 Å². The molecule has 0 fully saturated rings. The molecule has 0 saturated heterocycles. The monoisotopic (exact) mass is 393 g/mol. The van der Waals surface area contributed by atoms with Crippen LogP contribution in [0.15, 0.2) is 42.5 Å². The Balaban J connectivity index is 2.07. The van der Waals surface area contributed by atoms with Gasteiger partial charge in [-0.2, -0.15) is 0 Å². The highest BCUT2D eigenvalue weighted by atomic mass is 35.5. The zero-order valence-electron chi connectivity index (χ0n) is 14.0. The molecule has 136 valence electrons. The number of ether oxygens (including phenoxy) is 1. The fraction of sp³-hybridized carbons (Fsp3) is 0.176. The molecular weight excluding hydrogens is 378 g/mol. The van der Waals surface area contributed by atoms with Crippen molar-refractivity contribution in [2.75, 3.05) is 5.32 Å². The molecule has 0 unspecified atom stereocenters. The fourth-order valence-corrected chi connectivity index (χ4v) is 2.40. The molecule has 1 amide bonds. The first-order chi connectivity index (χ1) is 12.3. The molecular formula is C17H16ClN3O4S. The van der Waals surface area contributed by atoms with Crippen molar-refractivity contribution in [3.63, 3.8) is 0 Å². The Kier molecular flexibility index (Phi) is 6.48. The number of anilines is 1. The molecule has 0 bridgehead atoms. The summed E-state index contributed by atoms with van der Waals surface area (Å²) < 4.78 is 5.55.